The van der Waals surface area contributed by atoms with Gasteiger partial charge in [-0.1, -0.05) is 0 Å². The SMILES string of the molecule is [C-]#[N+]c1ccc(O[C@H]2CN(S(=O)(=O)c3ccc(OC(F)(F)F)cc3Br)C[C@@]2(O)CO)cc1F. The van der Waals surface area contributed by atoms with E-state index in [-0.39, 0.29) is 15.9 Å². The summed E-state index contributed by atoms with van der Waals surface area (Å²) in [6.07, 6.45) is -6.29. The van der Waals surface area contributed by atoms with Crippen molar-refractivity contribution in [1.29, 1.82) is 0 Å². The summed E-state index contributed by atoms with van der Waals surface area (Å²) >= 11 is 2.91. The number of halogens is 5. The molecule has 0 aromatic heterocycles. The summed E-state index contributed by atoms with van der Waals surface area (Å²) < 4.78 is 87.1. The third-order valence-corrected chi connectivity index (χ3v) is 7.55. The molecule has 8 nitrogen and oxygen atoms in total. The lowest BCUT2D eigenvalue weighted by Crippen LogP contribution is -2.48. The van der Waals surface area contributed by atoms with Gasteiger partial charge in [0.2, 0.25) is 15.7 Å². The molecule has 0 unspecified atom stereocenters. The molecule has 1 aliphatic rings. The summed E-state index contributed by atoms with van der Waals surface area (Å²) in [7, 11) is -4.37. The van der Waals surface area contributed by atoms with Crippen molar-refractivity contribution >= 4 is 31.6 Å². The summed E-state index contributed by atoms with van der Waals surface area (Å²) in [4.78, 5) is 2.55. The van der Waals surface area contributed by atoms with Crippen LogP contribution in [-0.2, 0) is 10.0 Å². The van der Waals surface area contributed by atoms with E-state index in [1.807, 2.05) is 0 Å². The van der Waals surface area contributed by atoms with E-state index in [1.165, 1.54) is 6.07 Å². The van der Waals surface area contributed by atoms with Crippen LogP contribution in [0.1, 0.15) is 0 Å². The van der Waals surface area contributed by atoms with Crippen molar-refractivity contribution < 1.29 is 45.7 Å². The molecule has 0 saturated carbocycles. The van der Waals surface area contributed by atoms with Crippen LogP contribution in [0.25, 0.3) is 4.85 Å². The molecule has 2 aromatic carbocycles. The number of hydrogen-bond acceptors (Lipinski definition) is 6. The Balaban J connectivity index is 1.86. The maximum Gasteiger partial charge on any atom is 0.573 e. The predicted molar refractivity (Wildman–Crippen MR) is 109 cm³/mol. The molecule has 1 saturated heterocycles. The van der Waals surface area contributed by atoms with Crippen molar-refractivity contribution in [2.24, 2.45) is 0 Å². The fourth-order valence-corrected chi connectivity index (χ4v) is 5.67. The van der Waals surface area contributed by atoms with Gasteiger partial charge >= 0.3 is 6.36 Å². The zero-order valence-electron chi connectivity index (χ0n) is 16.4. The normalized spacial score (nSPS) is 21.6. The van der Waals surface area contributed by atoms with E-state index in [4.69, 9.17) is 11.3 Å². The third-order valence-electron chi connectivity index (χ3n) is 4.77. The van der Waals surface area contributed by atoms with Gasteiger partial charge in [-0.15, -0.1) is 13.2 Å². The van der Waals surface area contributed by atoms with Gasteiger partial charge in [0.05, 0.1) is 24.6 Å². The summed E-state index contributed by atoms with van der Waals surface area (Å²) in [5.74, 6) is -1.64. The van der Waals surface area contributed by atoms with Crippen LogP contribution in [0.5, 0.6) is 11.5 Å². The van der Waals surface area contributed by atoms with E-state index in [9.17, 15) is 36.2 Å². The maximum atomic E-state index is 13.9. The van der Waals surface area contributed by atoms with Crippen molar-refractivity contribution in [3.05, 3.63) is 58.1 Å². The van der Waals surface area contributed by atoms with Crippen LogP contribution in [0, 0.1) is 12.4 Å². The highest BCUT2D eigenvalue weighted by Gasteiger charge is 2.51. The molecule has 1 aliphatic heterocycles. The van der Waals surface area contributed by atoms with Crippen molar-refractivity contribution in [2.75, 3.05) is 19.7 Å². The van der Waals surface area contributed by atoms with Crippen molar-refractivity contribution in [3.63, 3.8) is 0 Å². The lowest BCUT2D eigenvalue weighted by Gasteiger charge is -2.27. The van der Waals surface area contributed by atoms with Crippen LogP contribution in [0.2, 0.25) is 0 Å². The molecule has 2 atom stereocenters. The largest absolute Gasteiger partial charge is 0.573 e. The average Bonchev–Trinajstić information content (AvgIpc) is 3.04. The van der Waals surface area contributed by atoms with E-state index >= 15 is 0 Å². The first kappa shape index (κ1) is 25.2. The Kier molecular flexibility index (Phi) is 6.92. The molecule has 0 bridgehead atoms. The Labute approximate surface area is 194 Å². The summed E-state index contributed by atoms with van der Waals surface area (Å²) in [5, 5.41) is 20.4. The van der Waals surface area contributed by atoms with Gasteiger partial charge in [-0.25, -0.2) is 17.7 Å². The standard InChI is InChI=1S/C19H15BrF4N2O6S/c1-25-15-4-2-11(7-14(15)21)31-17-8-26(9-18(17,28)10-27)33(29,30)16-5-3-12(6-13(16)20)32-19(22,23)24/h2-7,17,27-28H,8-10H2/t17-,18+/m0/s1. The van der Waals surface area contributed by atoms with Crippen LogP contribution >= 0.6 is 15.9 Å². The predicted octanol–water partition coefficient (Wildman–Crippen LogP) is 3.21. The average molecular weight is 555 g/mol. The zero-order valence-corrected chi connectivity index (χ0v) is 18.8. The Hall–Kier alpha value is -2.44. The number of rotatable bonds is 6. The Bertz CT molecular complexity index is 1200. The van der Waals surface area contributed by atoms with Gasteiger partial charge in [-0.3, -0.25) is 0 Å². The summed E-state index contributed by atoms with van der Waals surface area (Å²) in [6.45, 7) is 4.89. The zero-order chi connectivity index (χ0) is 24.6. The van der Waals surface area contributed by atoms with Crippen molar-refractivity contribution in [3.8, 4) is 11.5 Å². The summed E-state index contributed by atoms with van der Waals surface area (Å²) in [6, 6.07) is 5.81. The second-order valence-corrected chi connectivity index (χ2v) is 9.79. The number of benzene rings is 2. The van der Waals surface area contributed by atoms with Gasteiger partial charge in [-0.05, 0) is 46.3 Å². The molecule has 0 amide bonds. The highest BCUT2D eigenvalue weighted by molar-refractivity contribution is 9.10. The lowest BCUT2D eigenvalue weighted by molar-refractivity contribution is -0.274. The number of hydrogen-bond donors (Lipinski definition) is 2. The van der Waals surface area contributed by atoms with Crippen molar-refractivity contribution in [2.45, 2.75) is 23.0 Å². The highest BCUT2D eigenvalue weighted by Crippen LogP contribution is 2.36. The molecule has 1 fully saturated rings. The number of ether oxygens (including phenoxy) is 2. The Morgan fingerprint density at radius 3 is 2.45 bits per heavy atom. The van der Waals surface area contributed by atoms with Crippen LogP contribution in [0.3, 0.4) is 0 Å². The fourth-order valence-electron chi connectivity index (χ4n) is 3.15. The Morgan fingerprint density at radius 2 is 1.91 bits per heavy atom. The minimum absolute atomic E-state index is 0.106. The lowest BCUT2D eigenvalue weighted by atomic mass is 10.0. The molecule has 0 radical (unpaired) electrons. The van der Waals surface area contributed by atoms with E-state index in [0.29, 0.717) is 0 Å². The van der Waals surface area contributed by atoms with Gasteiger partial charge in [-0.2, -0.15) is 4.31 Å². The maximum absolute atomic E-state index is 13.9. The number of sulfonamides is 1. The molecule has 1 heterocycles. The van der Waals surface area contributed by atoms with E-state index in [0.717, 1.165) is 34.6 Å². The van der Waals surface area contributed by atoms with Gasteiger partial charge in [0.1, 0.15) is 29.0 Å². The molecule has 0 spiro atoms. The molecule has 14 heteroatoms. The van der Waals surface area contributed by atoms with Crippen LogP contribution < -0.4 is 9.47 Å². The number of aliphatic hydroxyl groups is 2. The van der Waals surface area contributed by atoms with E-state index in [2.05, 4.69) is 25.5 Å². The van der Waals surface area contributed by atoms with E-state index in [1.54, 1.807) is 0 Å². The molecular formula is C19H15BrF4N2O6S. The van der Waals surface area contributed by atoms with Crippen molar-refractivity contribution in [1.82, 2.24) is 4.31 Å². The minimum atomic E-state index is -4.97. The topological polar surface area (TPSA) is 101 Å². The number of alkyl halides is 3. The molecular weight excluding hydrogens is 540 g/mol. The van der Waals surface area contributed by atoms with Crippen LogP contribution in [0.15, 0.2) is 45.8 Å². The first-order valence-electron chi connectivity index (χ1n) is 9.01. The van der Waals surface area contributed by atoms with Gasteiger partial charge < -0.3 is 19.7 Å². The van der Waals surface area contributed by atoms with Gasteiger partial charge in [0.25, 0.3) is 0 Å². The highest BCUT2D eigenvalue weighted by atomic mass is 79.9. The minimum Gasteiger partial charge on any atom is -0.486 e. The first-order chi connectivity index (χ1) is 15.3. The van der Waals surface area contributed by atoms with Gasteiger partial charge in [0.15, 0.2) is 0 Å². The Morgan fingerprint density at radius 1 is 1.24 bits per heavy atom. The van der Waals surface area contributed by atoms with E-state index < -0.39 is 64.2 Å². The molecule has 178 valence electrons. The number of β-amino-alcohol motifs (C(OH)–C–C–N with tert-alkyl or cyclic N) is 1. The van der Waals surface area contributed by atoms with Crippen LogP contribution in [0.4, 0.5) is 23.2 Å². The smallest absolute Gasteiger partial charge is 0.486 e. The second-order valence-electron chi connectivity index (χ2n) is 7.03. The third kappa shape index (κ3) is 5.39. The number of nitrogens with zero attached hydrogens (tertiary/aromatic N) is 2. The quantitative estimate of drug-likeness (QED) is 0.420. The fraction of sp³-hybridized carbons (Fsp3) is 0.316. The van der Waals surface area contributed by atoms with Crippen LogP contribution in [-0.4, -0.2) is 60.7 Å². The monoisotopic (exact) mass is 554 g/mol. The molecule has 0 aliphatic carbocycles. The van der Waals surface area contributed by atoms with Gasteiger partial charge in [0, 0.05) is 17.1 Å². The second kappa shape index (κ2) is 9.07. The molecule has 2 N–H and O–H groups in total. The number of aliphatic hydroxyl groups excluding tert-OH is 1. The summed E-state index contributed by atoms with van der Waals surface area (Å²) in [5.41, 5.74) is -2.33. The first-order valence-corrected chi connectivity index (χ1v) is 11.2. The molecule has 2 aromatic rings. The molecule has 3 rings (SSSR count). The molecule has 33 heavy (non-hydrogen) atoms.